The number of nitrogens with zero attached hydrogens (tertiary/aromatic N) is 4. The second-order valence-corrected chi connectivity index (χ2v) is 8.58. The lowest BCUT2D eigenvalue weighted by molar-refractivity contribution is -0.0418. The Morgan fingerprint density at radius 3 is 2.60 bits per heavy atom. The lowest BCUT2D eigenvalue weighted by Crippen LogP contribution is -2.47. The molecule has 1 saturated heterocycles. The van der Waals surface area contributed by atoms with Gasteiger partial charge in [0.05, 0.1) is 25.4 Å². The minimum atomic E-state index is -0.727. The smallest absolute Gasteiger partial charge is 0.119 e. The van der Waals surface area contributed by atoms with Gasteiger partial charge in [0.25, 0.3) is 0 Å². The summed E-state index contributed by atoms with van der Waals surface area (Å²) >= 11 is 0. The maximum Gasteiger partial charge on any atom is 0.119 e. The number of β-amino-alcohol motifs (C(OH)–C–C–N with tert-alkyl or cyclic N) is 1. The number of aliphatic hydroxyl groups excluding tert-OH is 1. The summed E-state index contributed by atoms with van der Waals surface area (Å²) in [6.07, 6.45) is 4.45. The average Bonchev–Trinajstić information content (AvgIpc) is 3.23. The van der Waals surface area contributed by atoms with Gasteiger partial charge in [0, 0.05) is 61.2 Å². The van der Waals surface area contributed by atoms with Crippen LogP contribution in [0.4, 0.5) is 0 Å². The molecule has 1 fully saturated rings. The van der Waals surface area contributed by atoms with E-state index in [0.29, 0.717) is 25.9 Å². The first kappa shape index (κ1) is 20.9. The Hall–Kier alpha value is -2.35. The largest absolute Gasteiger partial charge is 0.497 e. The number of aliphatic hydroxyl groups is 2. The van der Waals surface area contributed by atoms with Gasteiger partial charge in [-0.25, -0.2) is 4.98 Å². The number of fused-ring (bicyclic) bond motifs is 1. The zero-order valence-electron chi connectivity index (χ0n) is 18.3. The summed E-state index contributed by atoms with van der Waals surface area (Å²) in [4.78, 5) is 6.49. The highest BCUT2D eigenvalue weighted by Crippen LogP contribution is 2.34. The van der Waals surface area contributed by atoms with Crippen molar-refractivity contribution in [3.8, 4) is 5.75 Å². The predicted molar refractivity (Wildman–Crippen MR) is 117 cm³/mol. The molecule has 162 valence electrons. The van der Waals surface area contributed by atoms with Crippen LogP contribution in [0.2, 0.25) is 0 Å². The van der Waals surface area contributed by atoms with Crippen molar-refractivity contribution in [1.82, 2.24) is 19.0 Å². The molecule has 0 radical (unpaired) electrons. The fraction of sp³-hybridized carbons (Fsp3) is 0.522. The number of likely N-dealkylation sites (tertiary alicyclic amines) is 1. The van der Waals surface area contributed by atoms with Gasteiger partial charge in [0.15, 0.2) is 0 Å². The number of benzene rings is 1. The molecule has 1 aliphatic rings. The van der Waals surface area contributed by atoms with Gasteiger partial charge in [-0.2, -0.15) is 0 Å². The molecule has 0 unspecified atom stereocenters. The lowest BCUT2D eigenvalue weighted by atomic mass is 9.90. The van der Waals surface area contributed by atoms with Gasteiger partial charge in [0.1, 0.15) is 11.6 Å². The van der Waals surface area contributed by atoms with Crippen LogP contribution in [0, 0.1) is 13.8 Å². The SMILES string of the molecule is COc1ccc2c(c1)c([C@@H](O)CN1CCC(O)(Cn3ccnc3C)CC1)c(C)n2C. The van der Waals surface area contributed by atoms with Crippen LogP contribution < -0.4 is 4.74 Å². The lowest BCUT2D eigenvalue weighted by Gasteiger charge is -2.39. The van der Waals surface area contributed by atoms with Crippen molar-refractivity contribution in [1.29, 1.82) is 0 Å². The first-order valence-corrected chi connectivity index (χ1v) is 10.5. The number of hydrogen-bond donors (Lipinski definition) is 2. The third-order valence-corrected chi connectivity index (χ3v) is 6.69. The topological polar surface area (TPSA) is 75.7 Å². The van der Waals surface area contributed by atoms with Crippen LogP contribution in [0.3, 0.4) is 0 Å². The fourth-order valence-corrected chi connectivity index (χ4v) is 4.66. The Bertz CT molecular complexity index is 1030. The van der Waals surface area contributed by atoms with Crippen LogP contribution in [-0.4, -0.2) is 61.6 Å². The summed E-state index contributed by atoms with van der Waals surface area (Å²) in [6, 6.07) is 5.99. The Morgan fingerprint density at radius 2 is 1.97 bits per heavy atom. The summed E-state index contributed by atoms with van der Waals surface area (Å²) in [6.45, 7) is 6.64. The van der Waals surface area contributed by atoms with Crippen molar-refractivity contribution < 1.29 is 14.9 Å². The third-order valence-electron chi connectivity index (χ3n) is 6.69. The number of ether oxygens (including phenoxy) is 1. The molecule has 0 aliphatic carbocycles. The molecular weight excluding hydrogens is 380 g/mol. The first-order chi connectivity index (χ1) is 14.3. The number of imidazole rings is 1. The molecule has 0 saturated carbocycles. The van der Waals surface area contributed by atoms with Crippen LogP contribution in [0.5, 0.6) is 5.75 Å². The molecule has 1 aliphatic heterocycles. The normalized spacial score (nSPS) is 18.1. The van der Waals surface area contributed by atoms with Crippen molar-refractivity contribution in [2.75, 3.05) is 26.7 Å². The average molecular weight is 413 g/mol. The van der Waals surface area contributed by atoms with E-state index in [-0.39, 0.29) is 0 Å². The second kappa shape index (κ2) is 8.06. The first-order valence-electron chi connectivity index (χ1n) is 10.5. The minimum absolute atomic E-state index is 0.553. The van der Waals surface area contributed by atoms with E-state index in [1.165, 1.54) is 0 Å². The van der Waals surface area contributed by atoms with Gasteiger partial charge in [0.2, 0.25) is 0 Å². The minimum Gasteiger partial charge on any atom is -0.497 e. The summed E-state index contributed by atoms with van der Waals surface area (Å²) in [5, 5.41) is 23.2. The van der Waals surface area contributed by atoms with Gasteiger partial charge in [-0.15, -0.1) is 0 Å². The van der Waals surface area contributed by atoms with Crippen LogP contribution in [0.15, 0.2) is 30.6 Å². The van der Waals surface area contributed by atoms with E-state index in [9.17, 15) is 10.2 Å². The van der Waals surface area contributed by atoms with Gasteiger partial charge >= 0.3 is 0 Å². The molecule has 7 heteroatoms. The van der Waals surface area contributed by atoms with Gasteiger partial charge in [-0.3, -0.25) is 0 Å². The standard InChI is InChI=1S/C23H32N4O3/c1-16-22(19-13-18(30-4)5-6-20(19)25(16)3)21(28)14-26-10-7-23(29,8-11-26)15-27-12-9-24-17(27)2/h5-6,9,12-13,21,28-29H,7-8,10-11,14-15H2,1-4H3/t21-/m0/s1. The van der Waals surface area contributed by atoms with E-state index >= 15 is 0 Å². The number of aryl methyl sites for hydroxylation is 2. The fourth-order valence-electron chi connectivity index (χ4n) is 4.66. The van der Waals surface area contributed by atoms with Crippen LogP contribution in [0.25, 0.3) is 10.9 Å². The number of rotatable bonds is 6. The zero-order chi connectivity index (χ0) is 21.5. The summed E-state index contributed by atoms with van der Waals surface area (Å²) in [7, 11) is 3.69. The van der Waals surface area contributed by atoms with Crippen molar-refractivity contribution >= 4 is 10.9 Å². The molecule has 3 aromatic rings. The summed E-state index contributed by atoms with van der Waals surface area (Å²) in [5.74, 6) is 1.71. The van der Waals surface area contributed by atoms with E-state index < -0.39 is 11.7 Å². The quantitative estimate of drug-likeness (QED) is 0.651. The zero-order valence-corrected chi connectivity index (χ0v) is 18.3. The van der Waals surface area contributed by atoms with E-state index in [1.54, 1.807) is 13.3 Å². The predicted octanol–water partition coefficient (Wildman–Crippen LogP) is 2.56. The number of piperidine rings is 1. The van der Waals surface area contributed by atoms with Crippen molar-refractivity contribution in [3.05, 3.63) is 47.7 Å². The Balaban J connectivity index is 1.46. The molecule has 0 amide bonds. The molecule has 0 bridgehead atoms. The highest BCUT2D eigenvalue weighted by molar-refractivity contribution is 5.87. The van der Waals surface area contributed by atoms with E-state index in [4.69, 9.17) is 4.74 Å². The molecular formula is C23H32N4O3. The molecule has 2 N–H and O–H groups in total. The van der Waals surface area contributed by atoms with Crippen LogP contribution >= 0.6 is 0 Å². The van der Waals surface area contributed by atoms with Crippen molar-refractivity contribution in [2.24, 2.45) is 7.05 Å². The van der Waals surface area contributed by atoms with E-state index in [1.807, 2.05) is 49.9 Å². The van der Waals surface area contributed by atoms with Gasteiger partial charge in [-0.1, -0.05) is 0 Å². The molecule has 30 heavy (non-hydrogen) atoms. The maximum atomic E-state index is 11.1. The number of methoxy groups -OCH3 is 1. The molecule has 1 atom stereocenters. The highest BCUT2D eigenvalue weighted by Gasteiger charge is 2.34. The summed E-state index contributed by atoms with van der Waals surface area (Å²) < 4.78 is 9.53. The van der Waals surface area contributed by atoms with Crippen LogP contribution in [0.1, 0.15) is 36.0 Å². The monoisotopic (exact) mass is 412 g/mol. The van der Waals surface area contributed by atoms with Crippen LogP contribution in [-0.2, 0) is 13.6 Å². The Labute approximate surface area is 177 Å². The molecule has 2 aromatic heterocycles. The Morgan fingerprint density at radius 1 is 1.23 bits per heavy atom. The molecule has 7 nitrogen and oxygen atoms in total. The molecule has 4 rings (SSSR count). The third kappa shape index (κ3) is 3.85. The van der Waals surface area contributed by atoms with Gasteiger partial charge in [-0.05, 0) is 44.9 Å². The van der Waals surface area contributed by atoms with E-state index in [2.05, 4.69) is 14.5 Å². The Kier molecular flexibility index (Phi) is 5.61. The van der Waals surface area contributed by atoms with Crippen molar-refractivity contribution in [2.45, 2.75) is 44.9 Å². The molecule has 1 aromatic carbocycles. The molecule has 0 spiro atoms. The summed E-state index contributed by atoms with van der Waals surface area (Å²) in [5.41, 5.74) is 2.39. The van der Waals surface area contributed by atoms with Gasteiger partial charge < -0.3 is 29.0 Å². The maximum absolute atomic E-state index is 11.1. The van der Waals surface area contributed by atoms with Crippen molar-refractivity contribution in [3.63, 3.8) is 0 Å². The highest BCUT2D eigenvalue weighted by atomic mass is 16.5. The second-order valence-electron chi connectivity index (χ2n) is 8.58. The number of hydrogen-bond acceptors (Lipinski definition) is 5. The van der Waals surface area contributed by atoms with E-state index in [0.717, 1.165) is 46.8 Å². The number of aromatic nitrogens is 3. The molecule has 3 heterocycles.